The number of aromatic nitrogens is 2. The van der Waals surface area contributed by atoms with Gasteiger partial charge in [0, 0.05) is 12.8 Å². The minimum absolute atomic E-state index is 0.134. The van der Waals surface area contributed by atoms with Crippen molar-refractivity contribution in [3.63, 3.8) is 0 Å². The molecule has 1 heterocycles. The highest BCUT2D eigenvalue weighted by molar-refractivity contribution is 7.80. The third-order valence-electron chi connectivity index (χ3n) is 1.67. The van der Waals surface area contributed by atoms with Crippen LogP contribution in [0.4, 0.5) is 0 Å². The molecule has 0 aliphatic carbocycles. The summed E-state index contributed by atoms with van der Waals surface area (Å²) < 4.78 is 0. The zero-order chi connectivity index (χ0) is 12.8. The van der Waals surface area contributed by atoms with Gasteiger partial charge in [-0.2, -0.15) is 0 Å². The second kappa shape index (κ2) is 5.75. The van der Waals surface area contributed by atoms with Gasteiger partial charge in [0.2, 0.25) is 5.88 Å². The Labute approximate surface area is 101 Å². The van der Waals surface area contributed by atoms with E-state index in [-0.39, 0.29) is 10.7 Å². The molecule has 0 fully saturated rings. The topological polar surface area (TPSA) is 110 Å². The van der Waals surface area contributed by atoms with Crippen LogP contribution in [0.5, 0.6) is 5.88 Å². The van der Waals surface area contributed by atoms with Crippen molar-refractivity contribution in [1.29, 1.82) is 0 Å². The summed E-state index contributed by atoms with van der Waals surface area (Å²) in [4.78, 5) is 29.8. The maximum Gasteiger partial charge on any atom is 0.328 e. The van der Waals surface area contributed by atoms with E-state index in [4.69, 9.17) is 12.2 Å². The first-order valence-electron chi connectivity index (χ1n) is 4.53. The van der Waals surface area contributed by atoms with Crippen LogP contribution in [0.1, 0.15) is 5.56 Å². The predicted molar refractivity (Wildman–Crippen MR) is 67.7 cm³/mol. The second-order valence-electron chi connectivity index (χ2n) is 2.90. The van der Waals surface area contributed by atoms with Crippen molar-refractivity contribution in [1.82, 2.24) is 15.3 Å². The fourth-order valence-electron chi connectivity index (χ4n) is 0.932. The average Bonchev–Trinajstić information content (AvgIpc) is 2.24. The summed E-state index contributed by atoms with van der Waals surface area (Å²) in [7, 11) is 0. The number of H-pyrrole nitrogens is 2. The lowest BCUT2D eigenvalue weighted by Crippen LogP contribution is -2.25. The molecule has 0 aromatic carbocycles. The molecule has 0 aliphatic heterocycles. The number of aliphatic imine (C=N–C) groups is 1. The molecule has 0 aliphatic rings. The van der Waals surface area contributed by atoms with Gasteiger partial charge in [0.05, 0.1) is 0 Å². The maximum atomic E-state index is 11.3. The molecular formula is C9H10N4O3S. The molecule has 0 atom stereocenters. The van der Waals surface area contributed by atoms with Gasteiger partial charge in [0.25, 0.3) is 5.56 Å². The van der Waals surface area contributed by atoms with E-state index in [9.17, 15) is 14.7 Å². The molecule has 0 spiro atoms. The van der Waals surface area contributed by atoms with E-state index < -0.39 is 17.1 Å². The molecule has 1 aromatic rings. The zero-order valence-corrected chi connectivity index (χ0v) is 9.50. The molecule has 1 aromatic heterocycles. The van der Waals surface area contributed by atoms with Crippen LogP contribution in [-0.4, -0.2) is 32.9 Å². The highest BCUT2D eigenvalue weighted by atomic mass is 32.1. The molecule has 0 amide bonds. The molecule has 8 heteroatoms. The smallest absolute Gasteiger partial charge is 0.328 e. The summed E-state index contributed by atoms with van der Waals surface area (Å²) in [6.45, 7) is 3.91. The van der Waals surface area contributed by atoms with Gasteiger partial charge in [-0.1, -0.05) is 6.08 Å². The Kier molecular flexibility index (Phi) is 4.35. The van der Waals surface area contributed by atoms with E-state index >= 15 is 0 Å². The molecule has 0 unspecified atom stereocenters. The van der Waals surface area contributed by atoms with Gasteiger partial charge in [-0.15, -0.1) is 6.58 Å². The van der Waals surface area contributed by atoms with Gasteiger partial charge in [-0.3, -0.25) is 14.8 Å². The first-order valence-corrected chi connectivity index (χ1v) is 4.93. The molecule has 0 saturated heterocycles. The summed E-state index contributed by atoms with van der Waals surface area (Å²) in [5.74, 6) is -0.561. The zero-order valence-electron chi connectivity index (χ0n) is 8.69. The minimum Gasteiger partial charge on any atom is -0.494 e. The quantitative estimate of drug-likeness (QED) is 0.322. The Morgan fingerprint density at radius 2 is 2.24 bits per heavy atom. The van der Waals surface area contributed by atoms with Crippen molar-refractivity contribution in [2.45, 2.75) is 0 Å². The Bertz CT molecular complexity index is 572. The number of hydrogen-bond acceptors (Lipinski definition) is 4. The van der Waals surface area contributed by atoms with E-state index in [0.29, 0.717) is 6.54 Å². The lowest BCUT2D eigenvalue weighted by atomic mass is 10.3. The van der Waals surface area contributed by atoms with E-state index in [0.717, 1.165) is 6.21 Å². The van der Waals surface area contributed by atoms with Crippen molar-refractivity contribution in [2.75, 3.05) is 6.54 Å². The van der Waals surface area contributed by atoms with E-state index in [1.165, 1.54) is 0 Å². The van der Waals surface area contributed by atoms with Gasteiger partial charge in [-0.25, -0.2) is 9.79 Å². The summed E-state index contributed by atoms with van der Waals surface area (Å²) >= 11 is 4.81. The first-order chi connectivity index (χ1) is 8.04. The third kappa shape index (κ3) is 3.68. The number of nitrogens with one attached hydrogen (secondary N) is 3. The molecular weight excluding hydrogens is 244 g/mol. The highest BCUT2D eigenvalue weighted by Gasteiger charge is 2.05. The summed E-state index contributed by atoms with van der Waals surface area (Å²) in [5.41, 5.74) is -1.72. The molecule has 7 nitrogen and oxygen atoms in total. The van der Waals surface area contributed by atoms with Crippen LogP contribution in [0.3, 0.4) is 0 Å². The predicted octanol–water partition coefficient (Wildman–Crippen LogP) is -0.752. The largest absolute Gasteiger partial charge is 0.494 e. The molecule has 0 saturated carbocycles. The lowest BCUT2D eigenvalue weighted by molar-refractivity contribution is 0.447. The molecule has 1 rings (SSSR count). The van der Waals surface area contributed by atoms with E-state index in [1.54, 1.807) is 6.08 Å². The van der Waals surface area contributed by atoms with Crippen LogP contribution < -0.4 is 16.6 Å². The third-order valence-corrected chi connectivity index (χ3v) is 1.92. The van der Waals surface area contributed by atoms with Crippen LogP contribution in [0.2, 0.25) is 0 Å². The van der Waals surface area contributed by atoms with E-state index in [1.807, 2.05) is 9.97 Å². The van der Waals surface area contributed by atoms with Gasteiger partial charge in [0.15, 0.2) is 5.11 Å². The van der Waals surface area contributed by atoms with Gasteiger partial charge < -0.3 is 10.4 Å². The van der Waals surface area contributed by atoms with Crippen molar-refractivity contribution < 1.29 is 5.11 Å². The second-order valence-corrected chi connectivity index (χ2v) is 3.29. The van der Waals surface area contributed by atoms with Gasteiger partial charge >= 0.3 is 5.69 Å². The van der Waals surface area contributed by atoms with Crippen LogP contribution in [-0.2, 0) is 0 Å². The first kappa shape index (κ1) is 12.8. The van der Waals surface area contributed by atoms with Crippen LogP contribution >= 0.6 is 12.2 Å². The van der Waals surface area contributed by atoms with Crippen molar-refractivity contribution >= 4 is 23.5 Å². The normalized spacial score (nSPS) is 10.4. The number of thiocarbonyl (C=S) groups is 1. The number of aromatic hydroxyl groups is 1. The maximum absolute atomic E-state index is 11.3. The lowest BCUT2D eigenvalue weighted by Gasteiger charge is -1.99. The fraction of sp³-hybridized carbons (Fsp3) is 0.111. The number of rotatable bonds is 3. The molecule has 17 heavy (non-hydrogen) atoms. The Morgan fingerprint density at radius 3 is 2.82 bits per heavy atom. The van der Waals surface area contributed by atoms with Crippen molar-refractivity contribution in [3.8, 4) is 5.88 Å². The Balaban J connectivity index is 2.92. The van der Waals surface area contributed by atoms with Gasteiger partial charge in [0.1, 0.15) is 5.56 Å². The Hall–Kier alpha value is -2.22. The molecule has 90 valence electrons. The molecule has 4 N–H and O–H groups in total. The average molecular weight is 254 g/mol. The van der Waals surface area contributed by atoms with Crippen LogP contribution in [0, 0.1) is 0 Å². The van der Waals surface area contributed by atoms with Crippen LogP contribution in [0.15, 0.2) is 27.2 Å². The monoisotopic (exact) mass is 254 g/mol. The van der Waals surface area contributed by atoms with Crippen molar-refractivity contribution in [3.05, 3.63) is 39.1 Å². The summed E-state index contributed by atoms with van der Waals surface area (Å²) in [6, 6.07) is 0. The SMILES string of the molecule is C=CCNC(=S)/N=C/c1c(O)[nH]c(=O)[nH]c1=O. The number of aromatic amines is 2. The van der Waals surface area contributed by atoms with Gasteiger partial charge in [-0.05, 0) is 12.2 Å². The van der Waals surface area contributed by atoms with Crippen LogP contribution in [0.25, 0.3) is 0 Å². The highest BCUT2D eigenvalue weighted by Crippen LogP contribution is 2.00. The fourth-order valence-corrected chi connectivity index (χ4v) is 1.07. The molecule has 0 bridgehead atoms. The molecule has 0 radical (unpaired) electrons. The summed E-state index contributed by atoms with van der Waals surface area (Å²) in [6.07, 6.45) is 2.65. The minimum atomic E-state index is -0.794. The van der Waals surface area contributed by atoms with E-state index in [2.05, 4.69) is 16.9 Å². The number of nitrogens with zero attached hydrogens (tertiary/aromatic N) is 1. The Morgan fingerprint density at radius 1 is 1.53 bits per heavy atom. The number of hydrogen-bond donors (Lipinski definition) is 4. The summed E-state index contributed by atoms with van der Waals surface area (Å²) in [5, 5.41) is 12.2. The van der Waals surface area contributed by atoms with Crippen molar-refractivity contribution in [2.24, 2.45) is 4.99 Å². The standard InChI is InChI=1S/C9H10N4O3S/c1-2-3-10-9(17)11-4-5-6(14)12-8(16)13-7(5)15/h2,4H,1,3H2,(H,10,17)(H3,12,13,14,15,16)/b11-4+.